The van der Waals surface area contributed by atoms with E-state index in [0.717, 1.165) is 35.5 Å². The average Bonchev–Trinajstić information content (AvgIpc) is 3.11. The number of benzene rings is 2. The SMILES string of the molecule is COc1ccc(C(NCC2CCCCC2)c2cccc(CC3SC(=O)NC3=O)c2)cc1. The highest BCUT2D eigenvalue weighted by Crippen LogP contribution is 2.29. The Hall–Kier alpha value is -2.31. The number of ether oxygens (including phenoxy) is 1. The van der Waals surface area contributed by atoms with Crippen LogP contribution in [-0.4, -0.2) is 30.1 Å². The van der Waals surface area contributed by atoms with Crippen LogP contribution in [0.4, 0.5) is 4.79 Å². The fourth-order valence-corrected chi connectivity index (χ4v) is 5.40. The maximum atomic E-state index is 12.0. The molecule has 0 bridgehead atoms. The normalized spacial score (nSPS) is 20.5. The number of carbonyl (C=O) groups excluding carboxylic acids is 2. The van der Waals surface area contributed by atoms with Gasteiger partial charge in [0.15, 0.2) is 0 Å². The smallest absolute Gasteiger partial charge is 0.286 e. The Balaban J connectivity index is 1.54. The van der Waals surface area contributed by atoms with Crippen LogP contribution in [0.5, 0.6) is 5.75 Å². The summed E-state index contributed by atoms with van der Waals surface area (Å²) in [4.78, 5) is 23.5. The Morgan fingerprint density at radius 1 is 1.06 bits per heavy atom. The lowest BCUT2D eigenvalue weighted by Crippen LogP contribution is -2.29. The van der Waals surface area contributed by atoms with Crippen molar-refractivity contribution in [2.75, 3.05) is 13.7 Å². The number of nitrogens with one attached hydrogen (secondary N) is 2. The third-order valence-corrected chi connectivity index (χ3v) is 7.24. The predicted molar refractivity (Wildman–Crippen MR) is 124 cm³/mol. The summed E-state index contributed by atoms with van der Waals surface area (Å²) in [5, 5.41) is 5.59. The van der Waals surface area contributed by atoms with Crippen molar-refractivity contribution in [1.82, 2.24) is 10.6 Å². The summed E-state index contributed by atoms with van der Waals surface area (Å²) < 4.78 is 5.33. The first-order chi connectivity index (χ1) is 15.1. The molecule has 164 valence electrons. The lowest BCUT2D eigenvalue weighted by Gasteiger charge is -2.26. The highest BCUT2D eigenvalue weighted by molar-refractivity contribution is 8.15. The van der Waals surface area contributed by atoms with Crippen molar-refractivity contribution < 1.29 is 14.3 Å². The maximum Gasteiger partial charge on any atom is 0.286 e. The van der Waals surface area contributed by atoms with E-state index < -0.39 is 0 Å². The molecule has 2 N–H and O–H groups in total. The second-order valence-electron chi connectivity index (χ2n) is 8.45. The molecule has 2 aromatic carbocycles. The van der Waals surface area contributed by atoms with Crippen molar-refractivity contribution >= 4 is 22.9 Å². The number of thioether (sulfide) groups is 1. The summed E-state index contributed by atoms with van der Waals surface area (Å²) in [6.07, 6.45) is 7.16. The number of amides is 2. The number of carbonyl (C=O) groups is 2. The second-order valence-corrected chi connectivity index (χ2v) is 9.63. The first-order valence-corrected chi connectivity index (χ1v) is 12.0. The minimum absolute atomic E-state index is 0.0690. The minimum atomic E-state index is -0.350. The van der Waals surface area contributed by atoms with Crippen molar-refractivity contribution in [3.63, 3.8) is 0 Å². The molecule has 5 nitrogen and oxygen atoms in total. The van der Waals surface area contributed by atoms with Crippen LogP contribution in [-0.2, 0) is 11.2 Å². The van der Waals surface area contributed by atoms with Gasteiger partial charge in [-0.2, -0.15) is 0 Å². The maximum absolute atomic E-state index is 12.0. The van der Waals surface area contributed by atoms with Gasteiger partial charge < -0.3 is 10.1 Å². The van der Waals surface area contributed by atoms with Gasteiger partial charge in [-0.15, -0.1) is 0 Å². The summed E-state index contributed by atoms with van der Waals surface area (Å²) in [6, 6.07) is 16.7. The summed E-state index contributed by atoms with van der Waals surface area (Å²) in [5.41, 5.74) is 3.43. The molecule has 31 heavy (non-hydrogen) atoms. The number of hydrogen-bond acceptors (Lipinski definition) is 5. The zero-order chi connectivity index (χ0) is 21.6. The van der Waals surface area contributed by atoms with Crippen molar-refractivity contribution in [3.05, 3.63) is 65.2 Å². The van der Waals surface area contributed by atoms with Crippen LogP contribution in [0.1, 0.15) is 54.8 Å². The number of rotatable bonds is 8. The van der Waals surface area contributed by atoms with E-state index in [1.54, 1.807) is 7.11 Å². The third-order valence-electron chi connectivity index (χ3n) is 6.26. The fraction of sp³-hybridized carbons (Fsp3) is 0.440. The van der Waals surface area contributed by atoms with Crippen LogP contribution < -0.4 is 15.4 Å². The van der Waals surface area contributed by atoms with Crippen LogP contribution >= 0.6 is 11.8 Å². The molecule has 1 heterocycles. The van der Waals surface area contributed by atoms with E-state index in [-0.39, 0.29) is 22.4 Å². The summed E-state index contributed by atoms with van der Waals surface area (Å²) in [5.74, 6) is 1.38. The molecule has 2 aromatic rings. The number of methoxy groups -OCH3 is 1. The molecule has 2 atom stereocenters. The summed E-state index contributed by atoms with van der Waals surface area (Å²) >= 11 is 1.08. The van der Waals surface area contributed by atoms with Gasteiger partial charge in [0.2, 0.25) is 5.91 Å². The van der Waals surface area contributed by atoms with Crippen molar-refractivity contribution in [3.8, 4) is 5.75 Å². The Bertz CT molecular complexity index is 909. The summed E-state index contributed by atoms with van der Waals surface area (Å²) in [6.45, 7) is 0.996. The van der Waals surface area contributed by atoms with Gasteiger partial charge in [0.1, 0.15) is 5.75 Å². The van der Waals surface area contributed by atoms with E-state index >= 15 is 0 Å². The molecule has 6 heteroatoms. The van der Waals surface area contributed by atoms with Gasteiger partial charge in [0.25, 0.3) is 5.24 Å². The van der Waals surface area contributed by atoms with Crippen molar-refractivity contribution in [2.45, 2.75) is 49.8 Å². The van der Waals surface area contributed by atoms with Crippen LogP contribution in [0, 0.1) is 5.92 Å². The molecule has 0 spiro atoms. The Kier molecular flexibility index (Phi) is 7.30. The quantitative estimate of drug-likeness (QED) is 0.617. The first kappa shape index (κ1) is 21.9. The summed E-state index contributed by atoms with van der Waals surface area (Å²) in [7, 11) is 1.68. The van der Waals surface area contributed by atoms with E-state index in [4.69, 9.17) is 4.74 Å². The molecule has 1 saturated heterocycles. The topological polar surface area (TPSA) is 67.4 Å². The zero-order valence-corrected chi connectivity index (χ0v) is 18.8. The van der Waals surface area contributed by atoms with E-state index in [1.807, 2.05) is 24.3 Å². The van der Waals surface area contributed by atoms with E-state index in [2.05, 4.69) is 34.9 Å². The van der Waals surface area contributed by atoms with Gasteiger partial charge in [-0.3, -0.25) is 14.9 Å². The first-order valence-electron chi connectivity index (χ1n) is 11.1. The highest BCUT2D eigenvalue weighted by atomic mass is 32.2. The Labute approximate surface area is 188 Å². The van der Waals surface area contributed by atoms with Crippen LogP contribution in [0.2, 0.25) is 0 Å². The molecule has 2 amide bonds. The highest BCUT2D eigenvalue weighted by Gasteiger charge is 2.31. The van der Waals surface area contributed by atoms with Gasteiger partial charge in [-0.25, -0.2) is 0 Å². The predicted octanol–water partition coefficient (Wildman–Crippen LogP) is 4.85. The molecule has 2 unspecified atom stereocenters. The second kappa shape index (κ2) is 10.3. The monoisotopic (exact) mass is 438 g/mol. The molecule has 1 aliphatic carbocycles. The standard InChI is InChI=1S/C25H30N2O3S/c1-30-21-12-10-19(11-13-21)23(26-16-17-6-3-2-4-7-17)20-9-5-8-18(14-20)15-22-24(28)27-25(29)31-22/h5,8-14,17,22-23,26H,2-4,6-7,15-16H2,1H3,(H,27,28,29). The van der Waals surface area contributed by atoms with E-state index in [1.165, 1.54) is 43.2 Å². The molecular formula is C25H30N2O3S. The minimum Gasteiger partial charge on any atom is -0.497 e. The van der Waals surface area contributed by atoms with Crippen molar-refractivity contribution in [2.24, 2.45) is 5.92 Å². The molecule has 2 fully saturated rings. The van der Waals surface area contributed by atoms with Gasteiger partial charge in [-0.1, -0.05) is 67.4 Å². The van der Waals surface area contributed by atoms with Gasteiger partial charge in [0.05, 0.1) is 18.4 Å². The number of hydrogen-bond donors (Lipinski definition) is 2. The molecule has 4 rings (SSSR count). The zero-order valence-electron chi connectivity index (χ0n) is 17.9. The molecular weight excluding hydrogens is 408 g/mol. The average molecular weight is 439 g/mol. The Morgan fingerprint density at radius 2 is 1.84 bits per heavy atom. The van der Waals surface area contributed by atoms with Crippen molar-refractivity contribution in [1.29, 1.82) is 0 Å². The fourth-order valence-electron chi connectivity index (χ4n) is 4.54. The van der Waals surface area contributed by atoms with E-state index in [0.29, 0.717) is 6.42 Å². The largest absolute Gasteiger partial charge is 0.497 e. The third kappa shape index (κ3) is 5.69. The van der Waals surface area contributed by atoms with Gasteiger partial charge in [0, 0.05) is 0 Å². The van der Waals surface area contributed by atoms with Crippen LogP contribution in [0.3, 0.4) is 0 Å². The lowest BCUT2D eigenvalue weighted by molar-refractivity contribution is -0.118. The molecule has 1 aliphatic heterocycles. The lowest BCUT2D eigenvalue weighted by atomic mass is 9.88. The molecule has 0 aromatic heterocycles. The number of imide groups is 1. The molecule has 0 radical (unpaired) electrons. The molecule has 1 saturated carbocycles. The molecule has 2 aliphatic rings. The van der Waals surface area contributed by atoms with Gasteiger partial charge in [-0.05, 0) is 60.5 Å². The van der Waals surface area contributed by atoms with Crippen LogP contribution in [0.15, 0.2) is 48.5 Å². The van der Waals surface area contributed by atoms with E-state index in [9.17, 15) is 9.59 Å². The van der Waals surface area contributed by atoms with Crippen LogP contribution in [0.25, 0.3) is 0 Å². The Morgan fingerprint density at radius 3 is 2.52 bits per heavy atom. The van der Waals surface area contributed by atoms with Gasteiger partial charge >= 0.3 is 0 Å².